The number of ether oxygens (including phenoxy) is 2. The summed E-state index contributed by atoms with van der Waals surface area (Å²) in [5, 5.41) is 2.72. The van der Waals surface area contributed by atoms with Crippen molar-refractivity contribution in [1.82, 2.24) is 5.32 Å². The minimum absolute atomic E-state index is 0.0489. The highest BCUT2D eigenvalue weighted by atomic mass is 16.5. The number of carbonyl (C=O) groups excluding carboxylic acids is 2. The van der Waals surface area contributed by atoms with Crippen molar-refractivity contribution in [3.63, 3.8) is 0 Å². The van der Waals surface area contributed by atoms with Crippen LogP contribution in [0.4, 0.5) is 0 Å². The molecular weight excluding hydrogens is 222 g/mol. The summed E-state index contributed by atoms with van der Waals surface area (Å²) in [6.07, 6.45) is 2.00. The monoisotopic (exact) mass is 243 g/mol. The number of nitrogens with one attached hydrogen (secondary N) is 1. The molecule has 1 heterocycles. The van der Waals surface area contributed by atoms with Crippen LogP contribution in [0.2, 0.25) is 0 Å². The summed E-state index contributed by atoms with van der Waals surface area (Å²) in [4.78, 5) is 23.4. The average molecular weight is 243 g/mol. The van der Waals surface area contributed by atoms with Crippen molar-refractivity contribution in [3.05, 3.63) is 0 Å². The van der Waals surface area contributed by atoms with Gasteiger partial charge in [0.1, 0.15) is 12.1 Å². The van der Waals surface area contributed by atoms with Crippen LogP contribution >= 0.6 is 0 Å². The zero-order valence-corrected chi connectivity index (χ0v) is 10.7. The second-order valence-corrected chi connectivity index (χ2v) is 4.40. The van der Waals surface area contributed by atoms with E-state index in [0.29, 0.717) is 6.61 Å². The molecular formula is C12H21NO4. The lowest BCUT2D eigenvalue weighted by Crippen LogP contribution is -2.49. The predicted octanol–water partition coefficient (Wildman–Crippen LogP) is 0.869. The first-order valence-electron chi connectivity index (χ1n) is 6.10. The molecule has 5 nitrogen and oxygen atoms in total. The van der Waals surface area contributed by atoms with Crippen molar-refractivity contribution < 1.29 is 19.1 Å². The van der Waals surface area contributed by atoms with E-state index in [2.05, 4.69) is 5.32 Å². The molecule has 0 radical (unpaired) electrons. The Balaban J connectivity index is 2.58. The summed E-state index contributed by atoms with van der Waals surface area (Å²) < 4.78 is 9.98. The van der Waals surface area contributed by atoms with Crippen molar-refractivity contribution in [2.75, 3.05) is 13.7 Å². The smallest absolute Gasteiger partial charge is 0.328 e. The van der Waals surface area contributed by atoms with Crippen LogP contribution in [0.25, 0.3) is 0 Å². The second-order valence-electron chi connectivity index (χ2n) is 4.40. The molecule has 1 amide bonds. The number of hydrogen-bond donors (Lipinski definition) is 1. The Morgan fingerprint density at radius 3 is 2.71 bits per heavy atom. The Hall–Kier alpha value is -1.10. The molecule has 0 unspecified atom stereocenters. The largest absolute Gasteiger partial charge is 0.467 e. The minimum atomic E-state index is -0.582. The van der Waals surface area contributed by atoms with Crippen molar-refractivity contribution in [2.45, 2.75) is 45.3 Å². The predicted molar refractivity (Wildman–Crippen MR) is 62.4 cm³/mol. The molecule has 1 rings (SSSR count). The Morgan fingerprint density at radius 2 is 2.24 bits per heavy atom. The number of amides is 1. The van der Waals surface area contributed by atoms with Gasteiger partial charge in [0, 0.05) is 6.61 Å². The second kappa shape index (κ2) is 6.59. The first-order valence-corrected chi connectivity index (χ1v) is 6.10. The van der Waals surface area contributed by atoms with Gasteiger partial charge in [0.05, 0.1) is 7.11 Å². The summed E-state index contributed by atoms with van der Waals surface area (Å²) in [5.41, 5.74) is 0. The van der Waals surface area contributed by atoms with Crippen molar-refractivity contribution in [2.24, 2.45) is 5.92 Å². The fourth-order valence-electron chi connectivity index (χ4n) is 1.83. The van der Waals surface area contributed by atoms with Gasteiger partial charge in [-0.3, -0.25) is 4.79 Å². The normalized spacial score (nSPS) is 22.9. The zero-order valence-electron chi connectivity index (χ0n) is 10.7. The summed E-state index contributed by atoms with van der Waals surface area (Å²) >= 11 is 0. The van der Waals surface area contributed by atoms with E-state index in [-0.39, 0.29) is 11.8 Å². The zero-order chi connectivity index (χ0) is 12.8. The molecule has 1 N–H and O–H groups in total. The van der Waals surface area contributed by atoms with Gasteiger partial charge >= 0.3 is 5.97 Å². The third kappa shape index (κ3) is 3.70. The van der Waals surface area contributed by atoms with E-state index in [1.54, 1.807) is 0 Å². The highest BCUT2D eigenvalue weighted by molar-refractivity contribution is 5.87. The Kier molecular flexibility index (Phi) is 5.41. The van der Waals surface area contributed by atoms with Gasteiger partial charge in [0.25, 0.3) is 0 Å². The molecule has 0 bridgehead atoms. The Morgan fingerprint density at radius 1 is 1.53 bits per heavy atom. The fourth-order valence-corrected chi connectivity index (χ4v) is 1.83. The van der Waals surface area contributed by atoms with Crippen LogP contribution in [0.5, 0.6) is 0 Å². The van der Waals surface area contributed by atoms with Gasteiger partial charge < -0.3 is 14.8 Å². The summed E-state index contributed by atoms with van der Waals surface area (Å²) in [6, 6.07) is -0.582. The maximum atomic E-state index is 11.9. The summed E-state index contributed by atoms with van der Waals surface area (Å²) in [7, 11) is 1.33. The molecule has 1 saturated heterocycles. The molecule has 5 heteroatoms. The standard InChI is InChI=1S/C12H21NO4/c1-4-8(2)10(12(15)16-3)13-11(14)9-6-5-7-17-9/h8-10H,4-7H2,1-3H3,(H,13,14)/t8-,9+,10+/m0/s1. The van der Waals surface area contributed by atoms with E-state index in [0.717, 1.165) is 19.3 Å². The number of methoxy groups -OCH3 is 1. The maximum absolute atomic E-state index is 11.9. The highest BCUT2D eigenvalue weighted by Gasteiger charge is 2.31. The van der Waals surface area contributed by atoms with Crippen LogP contribution in [0.3, 0.4) is 0 Å². The number of esters is 1. The highest BCUT2D eigenvalue weighted by Crippen LogP contribution is 2.14. The molecule has 0 saturated carbocycles. The molecule has 0 aromatic rings. The first-order chi connectivity index (χ1) is 8.10. The fraction of sp³-hybridized carbons (Fsp3) is 0.833. The lowest BCUT2D eigenvalue weighted by Gasteiger charge is -2.23. The van der Waals surface area contributed by atoms with E-state index >= 15 is 0 Å². The van der Waals surface area contributed by atoms with E-state index in [9.17, 15) is 9.59 Å². The van der Waals surface area contributed by atoms with Gasteiger partial charge in [-0.2, -0.15) is 0 Å². The van der Waals surface area contributed by atoms with Crippen LogP contribution in [0.1, 0.15) is 33.1 Å². The van der Waals surface area contributed by atoms with Gasteiger partial charge in [0.2, 0.25) is 5.91 Å². The van der Waals surface area contributed by atoms with E-state index < -0.39 is 18.1 Å². The average Bonchev–Trinajstić information content (AvgIpc) is 2.87. The van der Waals surface area contributed by atoms with Gasteiger partial charge in [0.15, 0.2) is 0 Å². The lowest BCUT2D eigenvalue weighted by atomic mass is 9.99. The lowest BCUT2D eigenvalue weighted by molar-refractivity contribution is -0.148. The number of rotatable bonds is 5. The molecule has 1 aliphatic heterocycles. The van der Waals surface area contributed by atoms with Crippen LogP contribution in [-0.4, -0.2) is 37.7 Å². The van der Waals surface area contributed by atoms with E-state index in [1.807, 2.05) is 13.8 Å². The Bertz CT molecular complexity index is 274. The Labute approximate surface area is 102 Å². The van der Waals surface area contributed by atoms with Crippen molar-refractivity contribution in [1.29, 1.82) is 0 Å². The summed E-state index contributed by atoms with van der Waals surface area (Å²) in [5.74, 6) is -0.559. The van der Waals surface area contributed by atoms with Gasteiger partial charge in [-0.05, 0) is 18.8 Å². The number of hydrogen-bond acceptors (Lipinski definition) is 4. The van der Waals surface area contributed by atoms with Crippen LogP contribution in [0, 0.1) is 5.92 Å². The van der Waals surface area contributed by atoms with Crippen molar-refractivity contribution >= 4 is 11.9 Å². The molecule has 1 fully saturated rings. The molecule has 0 aromatic heterocycles. The maximum Gasteiger partial charge on any atom is 0.328 e. The SMILES string of the molecule is CC[C@H](C)[C@@H](NC(=O)[C@H]1CCCO1)C(=O)OC. The molecule has 0 spiro atoms. The third-order valence-corrected chi connectivity index (χ3v) is 3.19. The number of carbonyl (C=O) groups is 2. The van der Waals surface area contributed by atoms with E-state index in [1.165, 1.54) is 7.11 Å². The quantitative estimate of drug-likeness (QED) is 0.728. The van der Waals surface area contributed by atoms with Gasteiger partial charge in [-0.1, -0.05) is 20.3 Å². The molecule has 17 heavy (non-hydrogen) atoms. The van der Waals surface area contributed by atoms with Gasteiger partial charge in [-0.15, -0.1) is 0 Å². The van der Waals surface area contributed by atoms with Crippen molar-refractivity contribution in [3.8, 4) is 0 Å². The molecule has 1 aliphatic rings. The minimum Gasteiger partial charge on any atom is -0.467 e. The third-order valence-electron chi connectivity index (χ3n) is 3.19. The topological polar surface area (TPSA) is 64.6 Å². The molecule has 98 valence electrons. The summed E-state index contributed by atoms with van der Waals surface area (Å²) in [6.45, 7) is 4.50. The molecule has 3 atom stereocenters. The molecule has 0 aromatic carbocycles. The first kappa shape index (κ1) is 14.0. The van der Waals surface area contributed by atoms with Crippen LogP contribution in [0.15, 0.2) is 0 Å². The van der Waals surface area contributed by atoms with E-state index in [4.69, 9.17) is 9.47 Å². The van der Waals surface area contributed by atoms with Crippen LogP contribution in [-0.2, 0) is 19.1 Å². The van der Waals surface area contributed by atoms with Crippen LogP contribution < -0.4 is 5.32 Å². The molecule has 0 aliphatic carbocycles. The van der Waals surface area contributed by atoms with Gasteiger partial charge in [-0.25, -0.2) is 4.79 Å².